The SMILES string of the molecule is CCOc1ccc(-n2c(SCC(=O)NN=Cc3ccccc3OC)nc3sc4c(c3c2=O)CCCC4)cc1. The number of ether oxygens (including phenoxy) is 2. The van der Waals surface area contributed by atoms with Gasteiger partial charge in [-0.15, -0.1) is 11.3 Å². The summed E-state index contributed by atoms with van der Waals surface area (Å²) in [5.74, 6) is 1.13. The maximum Gasteiger partial charge on any atom is 0.267 e. The largest absolute Gasteiger partial charge is 0.496 e. The van der Waals surface area contributed by atoms with E-state index < -0.39 is 0 Å². The summed E-state index contributed by atoms with van der Waals surface area (Å²) in [6.45, 7) is 2.49. The molecule has 0 saturated heterocycles. The van der Waals surface area contributed by atoms with Gasteiger partial charge < -0.3 is 9.47 Å². The van der Waals surface area contributed by atoms with Crippen molar-refractivity contribution in [3.8, 4) is 17.2 Å². The van der Waals surface area contributed by atoms with E-state index in [1.54, 1.807) is 23.0 Å². The van der Waals surface area contributed by atoms with E-state index in [0.29, 0.717) is 28.6 Å². The lowest BCUT2D eigenvalue weighted by Gasteiger charge is -2.14. The van der Waals surface area contributed by atoms with Gasteiger partial charge in [0.1, 0.15) is 16.3 Å². The number of hydrazone groups is 1. The van der Waals surface area contributed by atoms with E-state index in [4.69, 9.17) is 14.5 Å². The van der Waals surface area contributed by atoms with Gasteiger partial charge in [-0.25, -0.2) is 10.4 Å². The van der Waals surface area contributed by atoms with Crippen molar-refractivity contribution in [1.82, 2.24) is 15.0 Å². The number of benzene rings is 2. The first kappa shape index (κ1) is 26.0. The van der Waals surface area contributed by atoms with E-state index in [-0.39, 0.29) is 17.2 Å². The molecule has 2 aromatic heterocycles. The van der Waals surface area contributed by atoms with Gasteiger partial charge in [-0.2, -0.15) is 5.10 Å². The topological polar surface area (TPSA) is 94.8 Å². The number of fused-ring (bicyclic) bond motifs is 3. The average molecular weight is 549 g/mol. The Balaban J connectivity index is 1.42. The molecule has 0 spiro atoms. The standard InChI is InChI=1S/C28H28N4O4S2/c1-3-36-20-14-12-19(13-15-20)32-27(34)25-21-9-5-7-11-23(21)38-26(25)30-28(32)37-17-24(33)31-29-16-18-8-4-6-10-22(18)35-2/h4,6,8,10,12-16H,3,5,7,9,11,17H2,1-2H3,(H,31,33). The van der Waals surface area contributed by atoms with Crippen LogP contribution >= 0.6 is 23.1 Å². The Morgan fingerprint density at radius 1 is 1.18 bits per heavy atom. The van der Waals surface area contributed by atoms with Gasteiger partial charge in [0, 0.05) is 10.4 Å². The summed E-state index contributed by atoms with van der Waals surface area (Å²) in [5.41, 5.74) is 5.01. The number of nitrogens with zero attached hydrogens (tertiary/aromatic N) is 3. The van der Waals surface area contributed by atoms with Crippen molar-refractivity contribution in [2.24, 2.45) is 5.10 Å². The van der Waals surface area contributed by atoms with E-state index in [0.717, 1.165) is 47.4 Å². The summed E-state index contributed by atoms with van der Waals surface area (Å²) in [4.78, 5) is 33.4. The number of thioether (sulfide) groups is 1. The zero-order valence-corrected chi connectivity index (χ0v) is 22.9. The first-order chi connectivity index (χ1) is 18.6. The van der Waals surface area contributed by atoms with Crippen molar-refractivity contribution in [3.05, 3.63) is 74.9 Å². The van der Waals surface area contributed by atoms with E-state index in [9.17, 15) is 9.59 Å². The molecule has 0 unspecified atom stereocenters. The minimum atomic E-state index is -0.306. The van der Waals surface area contributed by atoms with Gasteiger partial charge in [-0.05, 0) is 74.6 Å². The van der Waals surface area contributed by atoms with Crippen molar-refractivity contribution < 1.29 is 14.3 Å². The van der Waals surface area contributed by atoms with Crippen molar-refractivity contribution >= 4 is 45.4 Å². The summed E-state index contributed by atoms with van der Waals surface area (Å²) >= 11 is 2.81. The number of carbonyl (C=O) groups is 1. The Bertz CT molecular complexity index is 1540. The highest BCUT2D eigenvalue weighted by Gasteiger charge is 2.23. The molecular formula is C28H28N4O4S2. The molecule has 196 valence electrons. The number of hydrogen-bond donors (Lipinski definition) is 1. The van der Waals surface area contributed by atoms with E-state index in [1.165, 1.54) is 22.9 Å². The van der Waals surface area contributed by atoms with Crippen molar-refractivity contribution in [1.29, 1.82) is 0 Å². The minimum Gasteiger partial charge on any atom is -0.496 e. The first-order valence-corrected chi connectivity index (χ1v) is 14.3. The summed E-state index contributed by atoms with van der Waals surface area (Å²) in [6.07, 6.45) is 5.62. The molecule has 2 aromatic carbocycles. The fourth-order valence-corrected chi connectivity index (χ4v) is 6.59. The third-order valence-corrected chi connectivity index (χ3v) is 8.35. The van der Waals surface area contributed by atoms with Crippen LogP contribution in [-0.4, -0.2) is 41.1 Å². The van der Waals surface area contributed by atoms with Crippen LogP contribution < -0.4 is 20.5 Å². The molecule has 1 aliphatic rings. The quantitative estimate of drug-likeness (QED) is 0.137. The summed E-state index contributed by atoms with van der Waals surface area (Å²) in [5, 5.41) is 5.23. The lowest BCUT2D eigenvalue weighted by Crippen LogP contribution is -2.24. The molecular weight excluding hydrogens is 520 g/mol. The molecule has 0 saturated carbocycles. The number of methoxy groups -OCH3 is 1. The lowest BCUT2D eigenvalue weighted by molar-refractivity contribution is -0.118. The van der Waals surface area contributed by atoms with Crippen LogP contribution in [0.25, 0.3) is 15.9 Å². The van der Waals surface area contributed by atoms with Crippen molar-refractivity contribution in [2.75, 3.05) is 19.5 Å². The van der Waals surface area contributed by atoms with Gasteiger partial charge in [0.2, 0.25) is 0 Å². The van der Waals surface area contributed by atoms with Crippen LogP contribution in [0, 0.1) is 0 Å². The number of hydrogen-bond acceptors (Lipinski definition) is 8. The number of aryl methyl sites for hydroxylation is 2. The number of thiophene rings is 1. The molecule has 10 heteroatoms. The van der Waals surface area contributed by atoms with Crippen LogP contribution in [0.2, 0.25) is 0 Å². The number of nitrogens with one attached hydrogen (secondary N) is 1. The highest BCUT2D eigenvalue weighted by molar-refractivity contribution is 7.99. The number of rotatable bonds is 9. The zero-order chi connectivity index (χ0) is 26.5. The highest BCUT2D eigenvalue weighted by Crippen LogP contribution is 2.35. The Labute approximate surface area is 228 Å². The second kappa shape index (κ2) is 11.8. The molecule has 1 amide bonds. The smallest absolute Gasteiger partial charge is 0.267 e. The predicted molar refractivity (Wildman–Crippen MR) is 152 cm³/mol. The van der Waals surface area contributed by atoms with Crippen LogP contribution in [-0.2, 0) is 17.6 Å². The third-order valence-electron chi connectivity index (χ3n) is 6.23. The maximum atomic E-state index is 13.9. The van der Waals surface area contributed by atoms with E-state index >= 15 is 0 Å². The van der Waals surface area contributed by atoms with Gasteiger partial charge in [-0.3, -0.25) is 14.2 Å². The van der Waals surface area contributed by atoms with Gasteiger partial charge in [0.15, 0.2) is 5.16 Å². The van der Waals surface area contributed by atoms with Gasteiger partial charge in [0.25, 0.3) is 11.5 Å². The Hall–Kier alpha value is -3.63. The van der Waals surface area contributed by atoms with Gasteiger partial charge >= 0.3 is 0 Å². The summed E-state index contributed by atoms with van der Waals surface area (Å²) in [6, 6.07) is 14.8. The molecule has 8 nitrogen and oxygen atoms in total. The highest BCUT2D eigenvalue weighted by atomic mass is 32.2. The monoisotopic (exact) mass is 548 g/mol. The molecule has 0 radical (unpaired) electrons. The molecule has 1 N–H and O–H groups in total. The first-order valence-electron chi connectivity index (χ1n) is 12.5. The van der Waals surface area contributed by atoms with Gasteiger partial charge in [0.05, 0.1) is 36.8 Å². The molecule has 0 bridgehead atoms. The lowest BCUT2D eigenvalue weighted by atomic mass is 9.97. The van der Waals surface area contributed by atoms with Crippen molar-refractivity contribution in [3.63, 3.8) is 0 Å². The summed E-state index contributed by atoms with van der Waals surface area (Å²) < 4.78 is 12.5. The molecule has 0 aliphatic heterocycles. The van der Waals surface area contributed by atoms with Crippen LogP contribution in [0.4, 0.5) is 0 Å². The average Bonchev–Trinajstić information content (AvgIpc) is 3.32. The molecule has 0 atom stereocenters. The molecule has 1 aliphatic carbocycles. The molecule has 2 heterocycles. The Morgan fingerprint density at radius 3 is 2.76 bits per heavy atom. The van der Waals surface area contributed by atoms with Gasteiger partial charge in [-0.1, -0.05) is 23.9 Å². The molecule has 5 rings (SSSR count). The Kier molecular flexibility index (Phi) is 8.09. The normalized spacial score (nSPS) is 13.0. The Morgan fingerprint density at radius 2 is 1.97 bits per heavy atom. The summed E-state index contributed by atoms with van der Waals surface area (Å²) in [7, 11) is 1.58. The second-order valence-corrected chi connectivity index (χ2v) is 10.7. The zero-order valence-electron chi connectivity index (χ0n) is 21.2. The molecule has 38 heavy (non-hydrogen) atoms. The van der Waals surface area contributed by atoms with E-state index in [2.05, 4.69) is 10.5 Å². The maximum absolute atomic E-state index is 13.9. The van der Waals surface area contributed by atoms with E-state index in [1.807, 2.05) is 55.5 Å². The fourth-order valence-electron chi connectivity index (χ4n) is 4.48. The number of aromatic nitrogens is 2. The van der Waals surface area contributed by atoms with Crippen LogP contribution in [0.15, 0.2) is 63.6 Å². The molecule has 4 aromatic rings. The predicted octanol–water partition coefficient (Wildman–Crippen LogP) is 4.98. The van der Waals surface area contributed by atoms with Crippen LogP contribution in [0.5, 0.6) is 11.5 Å². The number of carbonyl (C=O) groups excluding carboxylic acids is 1. The van der Waals surface area contributed by atoms with Crippen molar-refractivity contribution in [2.45, 2.75) is 37.8 Å². The van der Waals surface area contributed by atoms with Crippen LogP contribution in [0.1, 0.15) is 35.8 Å². The second-order valence-electron chi connectivity index (χ2n) is 8.68. The van der Waals surface area contributed by atoms with Crippen LogP contribution in [0.3, 0.4) is 0 Å². The fraction of sp³-hybridized carbons (Fsp3) is 0.286. The number of amides is 1. The third kappa shape index (κ3) is 5.46. The number of para-hydroxylation sites is 1. The molecule has 0 fully saturated rings. The minimum absolute atomic E-state index is 0.0450.